The Bertz CT molecular complexity index is 868. The van der Waals surface area contributed by atoms with Gasteiger partial charge in [-0.2, -0.15) is 8.78 Å². The molecule has 6 atom stereocenters. The van der Waals surface area contributed by atoms with Crippen LogP contribution in [0, 0.1) is 29.6 Å². The van der Waals surface area contributed by atoms with Crippen LogP contribution in [0.1, 0.15) is 69.7 Å². The van der Waals surface area contributed by atoms with Gasteiger partial charge in [0.15, 0.2) is 6.10 Å². The maximum absolute atomic E-state index is 13.9. The van der Waals surface area contributed by atoms with Crippen molar-refractivity contribution in [1.29, 1.82) is 0 Å². The number of carbonyl (C=O) groups excluding carboxylic acids is 2. The fourth-order valence-electron chi connectivity index (χ4n) is 6.63. The molecule has 0 aliphatic heterocycles. The minimum atomic E-state index is -4.28. The fourth-order valence-corrected chi connectivity index (χ4v) is 6.63. The zero-order valence-electron chi connectivity index (χ0n) is 18.8. The normalized spacial score (nSPS) is 32.1. The molecule has 0 N–H and O–H groups in total. The number of aliphatic carboxylic acids is 1. The highest BCUT2D eigenvalue weighted by Gasteiger charge is 2.61. The first-order valence-corrected chi connectivity index (χ1v) is 11.7. The van der Waals surface area contributed by atoms with Crippen molar-refractivity contribution in [3.63, 3.8) is 0 Å². The number of alkyl halides is 2. The fraction of sp³-hybridized carbons (Fsp3) is 0.680. The maximum Gasteiger partial charge on any atom is 0.338 e. The Morgan fingerprint density at radius 1 is 1.19 bits per heavy atom. The number of ether oxygens (including phenoxy) is 2. The largest absolute Gasteiger partial charge is 0.544 e. The molecular formula is C25H31F2O5-. The minimum Gasteiger partial charge on any atom is -0.544 e. The van der Waals surface area contributed by atoms with Gasteiger partial charge in [-0.05, 0) is 80.0 Å². The third kappa shape index (κ3) is 3.77. The van der Waals surface area contributed by atoms with E-state index in [0.717, 1.165) is 30.6 Å². The zero-order chi connectivity index (χ0) is 23.3. The monoisotopic (exact) mass is 449 g/mol. The summed E-state index contributed by atoms with van der Waals surface area (Å²) in [5.74, 6) is -5.20. The first-order valence-electron chi connectivity index (χ1n) is 11.7. The molecule has 3 aliphatic rings. The average molecular weight is 450 g/mol. The van der Waals surface area contributed by atoms with Crippen LogP contribution in [-0.4, -0.2) is 29.6 Å². The smallest absolute Gasteiger partial charge is 0.338 e. The van der Waals surface area contributed by atoms with E-state index in [2.05, 4.69) is 6.92 Å². The van der Waals surface area contributed by atoms with Crippen LogP contribution in [0.2, 0.25) is 0 Å². The van der Waals surface area contributed by atoms with Crippen molar-refractivity contribution in [3.8, 4) is 5.75 Å². The van der Waals surface area contributed by atoms with Crippen molar-refractivity contribution in [2.24, 2.45) is 29.6 Å². The van der Waals surface area contributed by atoms with Gasteiger partial charge in [0.25, 0.3) is 0 Å². The van der Waals surface area contributed by atoms with Crippen LogP contribution in [0.25, 0.3) is 0 Å². The summed E-state index contributed by atoms with van der Waals surface area (Å²) < 4.78 is 39.2. The molecule has 3 aliphatic carbocycles. The van der Waals surface area contributed by atoms with Gasteiger partial charge in [-0.15, -0.1) is 0 Å². The highest BCUT2D eigenvalue weighted by Crippen LogP contribution is 2.64. The van der Waals surface area contributed by atoms with Gasteiger partial charge < -0.3 is 19.4 Å². The van der Waals surface area contributed by atoms with E-state index in [-0.39, 0.29) is 11.2 Å². The summed E-state index contributed by atoms with van der Waals surface area (Å²) in [6.45, 7) is 4.89. The molecule has 0 amide bonds. The first-order chi connectivity index (χ1) is 15.1. The number of hydrogen-bond acceptors (Lipinski definition) is 5. The summed E-state index contributed by atoms with van der Waals surface area (Å²) in [5.41, 5.74) is -0.121. The summed E-state index contributed by atoms with van der Waals surface area (Å²) in [6, 6.07) is 6.27. The number of esters is 1. The Morgan fingerprint density at radius 2 is 1.84 bits per heavy atom. The topological polar surface area (TPSA) is 75.7 Å². The number of rotatable bonds is 8. The minimum absolute atomic E-state index is 0.0616. The third-order valence-corrected chi connectivity index (χ3v) is 8.07. The molecule has 2 bridgehead atoms. The summed E-state index contributed by atoms with van der Waals surface area (Å²) in [6.07, 6.45) is 5.05. The van der Waals surface area contributed by atoms with Crippen LogP contribution in [-0.2, 0) is 9.53 Å². The molecule has 0 heterocycles. The van der Waals surface area contributed by atoms with Crippen molar-refractivity contribution < 1.29 is 33.0 Å². The molecule has 0 spiro atoms. The first kappa shape index (κ1) is 23.0. The highest BCUT2D eigenvalue weighted by atomic mass is 19.3. The molecule has 0 saturated heterocycles. The Hall–Kier alpha value is -2.18. The van der Waals surface area contributed by atoms with Gasteiger partial charge in [-0.3, -0.25) is 0 Å². The maximum atomic E-state index is 13.9. The lowest BCUT2D eigenvalue weighted by atomic mass is 9.71. The van der Waals surface area contributed by atoms with E-state index in [1.54, 1.807) is 12.1 Å². The molecule has 32 heavy (non-hydrogen) atoms. The summed E-state index contributed by atoms with van der Waals surface area (Å²) in [7, 11) is 0. The second-order valence-corrected chi connectivity index (χ2v) is 10.1. The lowest BCUT2D eigenvalue weighted by molar-refractivity contribution is -0.337. The van der Waals surface area contributed by atoms with Gasteiger partial charge in [0.2, 0.25) is 0 Å². The molecule has 7 heteroatoms. The van der Waals surface area contributed by atoms with Crippen LogP contribution in [0.3, 0.4) is 0 Å². The van der Waals surface area contributed by atoms with Crippen LogP contribution < -0.4 is 9.84 Å². The molecule has 0 aromatic heterocycles. The van der Waals surface area contributed by atoms with Crippen molar-refractivity contribution in [1.82, 2.24) is 0 Å². The number of benzene rings is 1. The molecule has 0 radical (unpaired) electrons. The predicted octanol–water partition coefficient (Wildman–Crippen LogP) is 4.24. The van der Waals surface area contributed by atoms with Crippen molar-refractivity contribution >= 4 is 11.9 Å². The Balaban J connectivity index is 1.45. The summed E-state index contributed by atoms with van der Waals surface area (Å²) in [5, 5.41) is 10.8. The molecular weight excluding hydrogens is 418 g/mol. The van der Waals surface area contributed by atoms with E-state index >= 15 is 0 Å². The van der Waals surface area contributed by atoms with E-state index in [0.29, 0.717) is 11.7 Å². The van der Waals surface area contributed by atoms with Gasteiger partial charge in [0.05, 0.1) is 5.56 Å². The van der Waals surface area contributed by atoms with Gasteiger partial charge in [0.1, 0.15) is 17.3 Å². The Labute approximate surface area is 187 Å². The van der Waals surface area contributed by atoms with E-state index in [9.17, 15) is 23.5 Å². The summed E-state index contributed by atoms with van der Waals surface area (Å²) in [4.78, 5) is 23.2. The van der Waals surface area contributed by atoms with Crippen LogP contribution in [0.4, 0.5) is 8.78 Å². The molecule has 6 unspecified atom stereocenters. The van der Waals surface area contributed by atoms with Crippen LogP contribution in [0.5, 0.6) is 5.75 Å². The number of fused-ring (bicyclic) bond motifs is 5. The lowest BCUT2D eigenvalue weighted by Gasteiger charge is -2.42. The highest BCUT2D eigenvalue weighted by molar-refractivity contribution is 5.90. The Morgan fingerprint density at radius 3 is 2.44 bits per heavy atom. The molecule has 3 fully saturated rings. The molecule has 3 saturated carbocycles. The second kappa shape index (κ2) is 8.31. The summed E-state index contributed by atoms with van der Waals surface area (Å²) >= 11 is 0. The third-order valence-electron chi connectivity index (χ3n) is 8.07. The number of hydrogen-bond donors (Lipinski definition) is 0. The van der Waals surface area contributed by atoms with E-state index in [1.165, 1.54) is 51.7 Å². The second-order valence-electron chi connectivity index (χ2n) is 10.1. The number of carboxylic acids is 1. The zero-order valence-corrected chi connectivity index (χ0v) is 18.8. The lowest BCUT2D eigenvalue weighted by Crippen LogP contribution is -2.53. The molecule has 1 aromatic rings. The van der Waals surface area contributed by atoms with E-state index in [1.807, 2.05) is 0 Å². The molecule has 176 valence electrons. The quantitative estimate of drug-likeness (QED) is 0.555. The number of carbonyl (C=O) groups is 2. The van der Waals surface area contributed by atoms with Gasteiger partial charge in [-0.25, -0.2) is 4.79 Å². The molecule has 5 nitrogen and oxygen atoms in total. The van der Waals surface area contributed by atoms with Crippen molar-refractivity contribution in [3.05, 3.63) is 29.8 Å². The predicted molar refractivity (Wildman–Crippen MR) is 111 cm³/mol. The van der Waals surface area contributed by atoms with E-state index < -0.39 is 29.9 Å². The Kier molecular flexibility index (Phi) is 5.97. The number of carboxylic acid groups (broad SMARTS) is 1. The van der Waals surface area contributed by atoms with Gasteiger partial charge >= 0.3 is 11.9 Å². The molecule has 1 aromatic carbocycles. The number of halogens is 2. The van der Waals surface area contributed by atoms with Gasteiger partial charge in [-0.1, -0.05) is 27.2 Å². The van der Waals surface area contributed by atoms with Crippen LogP contribution in [0.15, 0.2) is 24.3 Å². The van der Waals surface area contributed by atoms with Gasteiger partial charge in [0, 0.05) is 5.92 Å². The average Bonchev–Trinajstić information content (AvgIpc) is 3.44. The van der Waals surface area contributed by atoms with E-state index in [4.69, 9.17) is 9.47 Å². The van der Waals surface area contributed by atoms with Crippen LogP contribution >= 0.6 is 0 Å². The van der Waals surface area contributed by atoms with Crippen molar-refractivity contribution in [2.75, 3.05) is 0 Å². The molecule has 4 rings (SSSR count). The SMILES string of the molecule is CCC1(Oc2ccc(C(=O)OC(C(C)C)C(F)(F)C(=O)[O-])cc2)CC2CC1C1CCCC21. The standard InChI is InChI=1S/C25H32F2O5/c1-4-24(13-16-12-20(24)19-7-5-6-18(16)19)32-17-10-8-15(9-11-17)22(28)31-21(14(2)3)25(26,27)23(29)30/h8-11,14,16,18-21H,4-7,12-13H2,1-3H3,(H,29,30)/p-1. The van der Waals surface area contributed by atoms with Crippen molar-refractivity contribution in [2.45, 2.75) is 76.9 Å².